The number of aromatic nitrogens is 7. The van der Waals surface area contributed by atoms with E-state index in [0.29, 0.717) is 57.4 Å². The maximum absolute atomic E-state index is 16.9. The molecular weight excluding hydrogens is 828 g/mol. The second kappa shape index (κ2) is 16.0. The molecule has 1 fully saturated rings. The molecule has 2 aliphatic rings. The predicted octanol–water partition coefficient (Wildman–Crippen LogP) is 7.21. The van der Waals surface area contributed by atoms with Gasteiger partial charge >= 0.3 is 0 Å². The molecule has 13 nitrogen and oxygen atoms in total. The molecule has 1 saturated heterocycles. The minimum atomic E-state index is -3.54. The van der Waals surface area contributed by atoms with Crippen LogP contribution in [0.3, 0.4) is 0 Å². The maximum atomic E-state index is 16.9. The highest BCUT2D eigenvalue weighted by Gasteiger charge is 2.66. The van der Waals surface area contributed by atoms with E-state index < -0.39 is 31.6 Å². The van der Waals surface area contributed by atoms with E-state index in [9.17, 15) is 14.7 Å². The minimum absolute atomic E-state index is 0.148. The fourth-order valence-electron chi connectivity index (χ4n) is 9.97. The number of hydrogen-bond donors (Lipinski definition) is 1. The normalized spacial score (nSPS) is 20.1. The molecule has 1 N–H and O–H groups in total. The molecule has 5 atom stereocenters. The van der Waals surface area contributed by atoms with Crippen LogP contribution < -0.4 is 16.0 Å². The number of ether oxygens (including phenoxy) is 1. The molecule has 8 aromatic rings. The number of aliphatic hydroxyl groups is 1. The Morgan fingerprint density at radius 3 is 2.05 bits per heavy atom. The van der Waals surface area contributed by atoms with Crippen LogP contribution in [0.15, 0.2) is 150 Å². The summed E-state index contributed by atoms with van der Waals surface area (Å²) in [5.41, 5.74) is 1.69. The average molecular weight is 873 g/mol. The van der Waals surface area contributed by atoms with Crippen molar-refractivity contribution < 1.29 is 18.7 Å². The summed E-state index contributed by atoms with van der Waals surface area (Å²) in [5, 5.41) is 30.5. The summed E-state index contributed by atoms with van der Waals surface area (Å²) in [6.07, 6.45) is 4.76. The van der Waals surface area contributed by atoms with Crippen LogP contribution in [0, 0.1) is 5.92 Å². The van der Waals surface area contributed by atoms with Gasteiger partial charge in [0.2, 0.25) is 8.41 Å². The first-order chi connectivity index (χ1) is 31.0. The highest BCUT2D eigenvalue weighted by Crippen LogP contribution is 2.60. The smallest absolute Gasteiger partial charge is 0.279 e. The van der Waals surface area contributed by atoms with Gasteiger partial charge < -0.3 is 18.9 Å². The van der Waals surface area contributed by atoms with Crippen molar-refractivity contribution in [3.63, 3.8) is 0 Å². The first-order valence-electron chi connectivity index (χ1n) is 21.4. The largest absolute Gasteiger partial charge is 0.395 e. The van der Waals surface area contributed by atoms with Crippen molar-refractivity contribution in [2.75, 3.05) is 11.5 Å². The van der Waals surface area contributed by atoms with Crippen LogP contribution in [-0.2, 0) is 28.2 Å². The number of halogens is 1. The Kier molecular flexibility index (Phi) is 10.3. The van der Waals surface area contributed by atoms with Gasteiger partial charge in [0.05, 0.1) is 71.1 Å². The van der Waals surface area contributed by atoms with Crippen molar-refractivity contribution in [3.05, 3.63) is 183 Å². The minimum Gasteiger partial charge on any atom is -0.395 e. The first kappa shape index (κ1) is 41.1. The lowest BCUT2D eigenvalue weighted by atomic mass is 9.82. The fourth-order valence-corrected chi connectivity index (χ4v) is 12.5. The van der Waals surface area contributed by atoms with E-state index in [-0.39, 0.29) is 36.1 Å². The third-order valence-electron chi connectivity index (χ3n) is 13.0. The molecule has 0 aliphatic carbocycles. The quantitative estimate of drug-likeness (QED) is 0.105. The number of rotatable bonds is 11. The number of carbonyl (C=O) groups excluding carboxylic acids is 1. The summed E-state index contributed by atoms with van der Waals surface area (Å²) in [7, 11) is -3.54. The Balaban J connectivity index is 1.01. The monoisotopic (exact) mass is 872 g/mol. The van der Waals surface area contributed by atoms with Gasteiger partial charge in [0.1, 0.15) is 0 Å². The number of amides is 1. The van der Waals surface area contributed by atoms with Crippen LogP contribution in [0.25, 0.3) is 32.9 Å². The number of carbonyl (C=O) groups is 1. The summed E-state index contributed by atoms with van der Waals surface area (Å²) < 4.78 is 28.3. The van der Waals surface area contributed by atoms with Gasteiger partial charge in [0.25, 0.3) is 17.0 Å². The van der Waals surface area contributed by atoms with E-state index in [2.05, 4.69) is 20.5 Å². The first-order valence-corrected chi connectivity index (χ1v) is 24.3. The van der Waals surface area contributed by atoms with Crippen LogP contribution >= 0.6 is 0 Å². The molecule has 0 saturated carbocycles. The number of fused-ring (bicyclic) bond motifs is 4. The van der Waals surface area contributed by atoms with Gasteiger partial charge in [-0.3, -0.25) is 19.1 Å². The Hall–Kier alpha value is -6.94. The number of benzene rings is 5. The average Bonchev–Trinajstić information content (AvgIpc) is 3.96. The third kappa shape index (κ3) is 6.87. The van der Waals surface area contributed by atoms with Gasteiger partial charge in [-0.25, -0.2) is 0 Å². The van der Waals surface area contributed by atoms with Crippen molar-refractivity contribution >= 4 is 41.5 Å². The summed E-state index contributed by atoms with van der Waals surface area (Å²) in [6.45, 7) is 5.56. The van der Waals surface area contributed by atoms with E-state index in [0.717, 1.165) is 16.5 Å². The van der Waals surface area contributed by atoms with Crippen molar-refractivity contribution in [1.82, 2.24) is 34.6 Å². The molecule has 322 valence electrons. The van der Waals surface area contributed by atoms with Gasteiger partial charge in [-0.2, -0.15) is 19.6 Å². The topological polar surface area (TPSA) is 150 Å². The van der Waals surface area contributed by atoms with Crippen LogP contribution in [0.2, 0.25) is 18.6 Å². The predicted molar refractivity (Wildman–Crippen MR) is 244 cm³/mol. The molecule has 15 heteroatoms. The maximum Gasteiger partial charge on any atom is 0.279 e. The second-order valence-electron chi connectivity index (χ2n) is 17.3. The zero-order valence-corrected chi connectivity index (χ0v) is 36.5. The van der Waals surface area contributed by atoms with E-state index in [4.69, 9.17) is 4.74 Å². The second-order valence-corrected chi connectivity index (χ2v) is 21.1. The van der Waals surface area contributed by atoms with E-state index in [1.165, 1.54) is 9.36 Å². The molecule has 1 unspecified atom stereocenters. The molecule has 0 radical (unpaired) electrons. The molecule has 5 aromatic carbocycles. The van der Waals surface area contributed by atoms with Crippen molar-refractivity contribution in [1.29, 1.82) is 0 Å². The van der Waals surface area contributed by atoms with E-state index >= 15 is 8.90 Å². The number of anilines is 1. The van der Waals surface area contributed by atoms with Crippen LogP contribution in [0.5, 0.6) is 0 Å². The lowest BCUT2D eigenvalue weighted by molar-refractivity contribution is -0.146. The lowest BCUT2D eigenvalue weighted by Crippen LogP contribution is -2.45. The van der Waals surface area contributed by atoms with Gasteiger partial charge in [-0.1, -0.05) is 91.0 Å². The Morgan fingerprint density at radius 2 is 1.41 bits per heavy atom. The molecule has 1 amide bonds. The van der Waals surface area contributed by atoms with Crippen LogP contribution in [-0.4, -0.2) is 66.7 Å². The zero-order valence-electron chi connectivity index (χ0n) is 35.5. The van der Waals surface area contributed by atoms with Crippen LogP contribution in [0.1, 0.15) is 41.6 Å². The number of nitrogens with zero attached hydrogens (tertiary/aromatic N) is 8. The molecule has 10 rings (SSSR count). The summed E-state index contributed by atoms with van der Waals surface area (Å²) in [4.78, 5) is 44.3. The third-order valence-corrected chi connectivity index (χ3v) is 15.5. The number of aliphatic hydroxyl groups excluding tert-OH is 1. The summed E-state index contributed by atoms with van der Waals surface area (Å²) in [5.74, 6) is -1.30. The van der Waals surface area contributed by atoms with Gasteiger partial charge in [0, 0.05) is 40.5 Å². The van der Waals surface area contributed by atoms with Gasteiger partial charge in [0.15, 0.2) is 5.60 Å². The molecule has 64 heavy (non-hydrogen) atoms. The standard InChI is InChI=1S/C49H45FN8O5Si/c1-31-45(64(2,3)50)44(23-24-55-29-42(53-54-55)40(30-59)33-11-5-4-6-12-33)63-49(31)41-25-37(58-47(61)39-16-10-8-14-35(39)27-52-58)21-22-43(41)56(48(49)62)28-32-17-19-36(20-18-32)57-46(60)38-15-9-7-13-34(38)26-51-57/h4-22,25-27,29,31,40,44-45,59H,23-24,28,30H2,1-3H3/t31-,40?,44+,45-,49+/m0/s1. The summed E-state index contributed by atoms with van der Waals surface area (Å²) in [6, 6.07) is 36.8. The molecule has 5 heterocycles. The highest BCUT2D eigenvalue weighted by atomic mass is 28.4. The fraction of sp³-hybridized carbons (Fsp3) is 0.245. The highest BCUT2D eigenvalue weighted by molar-refractivity contribution is 6.72. The molecule has 3 aromatic heterocycles. The molecule has 0 bridgehead atoms. The lowest BCUT2D eigenvalue weighted by Gasteiger charge is -2.31. The SMILES string of the molecule is C[C@H]1[C@H]([Si](C)(C)F)[C@@H](CCn2cc(C(CO)c3ccccc3)nn2)O[C@]12C(=O)N(Cc1ccc(-n3ncc4ccccc4c3=O)cc1)c1ccc(-n3ncc4ccccc4c3=O)cc12. The Morgan fingerprint density at radius 1 is 0.797 bits per heavy atom. The van der Waals surface area contributed by atoms with Crippen molar-refractivity contribution in [2.45, 2.75) is 62.7 Å². The van der Waals surface area contributed by atoms with E-state index in [1.807, 2.05) is 85.8 Å². The number of aryl methyl sites for hydroxylation is 1. The van der Waals surface area contributed by atoms with Gasteiger partial charge in [-0.05, 0) is 73.1 Å². The molecule has 1 spiro atoms. The molecule has 2 aliphatic heterocycles. The number of hydrogen-bond acceptors (Lipinski definition) is 9. The summed E-state index contributed by atoms with van der Waals surface area (Å²) >= 11 is 0. The Labute approximate surface area is 368 Å². The molecular formula is C49H45FN8O5Si. The van der Waals surface area contributed by atoms with Crippen LogP contribution in [0.4, 0.5) is 9.80 Å². The Bertz CT molecular complexity index is 3190. The van der Waals surface area contributed by atoms with Gasteiger partial charge in [-0.15, -0.1) is 5.10 Å². The van der Waals surface area contributed by atoms with Crippen molar-refractivity contribution in [3.8, 4) is 11.4 Å². The zero-order chi connectivity index (χ0) is 44.3. The van der Waals surface area contributed by atoms with Crippen molar-refractivity contribution in [2.24, 2.45) is 5.92 Å². The van der Waals surface area contributed by atoms with E-state index in [1.54, 1.807) is 83.7 Å².